The summed E-state index contributed by atoms with van der Waals surface area (Å²) in [5.74, 6) is -5.66. The SMILES string of the molecule is CC(=O)OC[C@H]1O[C@@H](O[C@H]2[C@H](OC(C)=O)[C@@H](OC(C)=O)[C@H](OCCOCCCl)O[C@@H]2COC(C)=O)[C@H](OC(C)=O)[C@@H](OC(C)=O)[C@H]1OC(C)=O. The average molecular weight is 743 g/mol. The maximum atomic E-state index is 12.4. The van der Waals surface area contributed by atoms with Gasteiger partial charge >= 0.3 is 41.8 Å². The molecule has 2 rings (SSSR count). The summed E-state index contributed by atoms with van der Waals surface area (Å²) >= 11 is 5.64. The zero-order valence-corrected chi connectivity index (χ0v) is 29.4. The molecule has 0 aromatic carbocycles. The third-order valence-electron chi connectivity index (χ3n) is 6.62. The molecule has 2 fully saturated rings. The highest BCUT2D eigenvalue weighted by Gasteiger charge is 2.57. The van der Waals surface area contributed by atoms with Crippen molar-refractivity contribution in [1.82, 2.24) is 0 Å². The number of hydrogen-bond acceptors (Lipinski definition) is 19. The van der Waals surface area contributed by atoms with Gasteiger partial charge in [0.25, 0.3) is 0 Å². The van der Waals surface area contributed by atoms with Gasteiger partial charge in [0.2, 0.25) is 0 Å². The highest BCUT2D eigenvalue weighted by molar-refractivity contribution is 6.17. The van der Waals surface area contributed by atoms with Crippen LogP contribution in [0.25, 0.3) is 0 Å². The zero-order valence-electron chi connectivity index (χ0n) is 28.7. The maximum absolute atomic E-state index is 12.4. The van der Waals surface area contributed by atoms with Crippen LogP contribution in [0.5, 0.6) is 0 Å². The van der Waals surface area contributed by atoms with Crippen molar-refractivity contribution in [3.05, 3.63) is 0 Å². The summed E-state index contributed by atoms with van der Waals surface area (Å²) in [4.78, 5) is 85.1. The lowest BCUT2D eigenvalue weighted by atomic mass is 9.96. The maximum Gasteiger partial charge on any atom is 0.303 e. The van der Waals surface area contributed by atoms with E-state index < -0.39 is 116 Å². The summed E-state index contributed by atoms with van der Waals surface area (Å²) in [6.45, 7) is 6.49. The van der Waals surface area contributed by atoms with Crippen LogP contribution in [0.1, 0.15) is 48.5 Å². The number of ether oxygens (including phenoxy) is 12. The molecule has 0 bridgehead atoms. The molecule has 2 aliphatic rings. The van der Waals surface area contributed by atoms with E-state index in [0.29, 0.717) is 0 Å². The van der Waals surface area contributed by atoms with E-state index in [1.54, 1.807) is 0 Å². The van der Waals surface area contributed by atoms with Gasteiger partial charge in [-0.15, -0.1) is 11.6 Å². The number of carbonyl (C=O) groups is 7. The molecular formula is C30H43ClO19. The summed E-state index contributed by atoms with van der Waals surface area (Å²) in [6, 6.07) is 0. The largest absolute Gasteiger partial charge is 0.463 e. The van der Waals surface area contributed by atoms with Crippen molar-refractivity contribution >= 4 is 53.4 Å². The highest BCUT2D eigenvalue weighted by Crippen LogP contribution is 2.35. The highest BCUT2D eigenvalue weighted by atomic mass is 35.5. The number of esters is 7. The Hall–Kier alpha value is -3.62. The third kappa shape index (κ3) is 13.9. The van der Waals surface area contributed by atoms with Crippen LogP contribution in [0, 0.1) is 0 Å². The molecule has 0 aliphatic carbocycles. The van der Waals surface area contributed by atoms with Gasteiger partial charge in [-0.05, 0) is 0 Å². The van der Waals surface area contributed by atoms with Crippen LogP contribution in [0.3, 0.4) is 0 Å². The fourth-order valence-corrected chi connectivity index (χ4v) is 5.10. The third-order valence-corrected chi connectivity index (χ3v) is 6.77. The van der Waals surface area contributed by atoms with Gasteiger partial charge in [0.15, 0.2) is 43.1 Å². The molecule has 0 N–H and O–H groups in total. The fourth-order valence-electron chi connectivity index (χ4n) is 4.99. The van der Waals surface area contributed by atoms with Crippen molar-refractivity contribution in [1.29, 1.82) is 0 Å². The van der Waals surface area contributed by atoms with Gasteiger partial charge in [-0.25, -0.2) is 0 Å². The number of hydrogen-bond donors (Lipinski definition) is 0. The molecule has 10 atom stereocenters. The fraction of sp³-hybridized carbons (Fsp3) is 0.767. The minimum Gasteiger partial charge on any atom is -0.463 e. The van der Waals surface area contributed by atoms with Gasteiger partial charge in [-0.1, -0.05) is 0 Å². The summed E-state index contributed by atoms with van der Waals surface area (Å²) in [6.07, 6.45) is -15.5. The summed E-state index contributed by atoms with van der Waals surface area (Å²) < 4.78 is 67.1. The Labute approximate surface area is 292 Å². The molecule has 0 aromatic rings. The van der Waals surface area contributed by atoms with Gasteiger partial charge in [0.1, 0.15) is 31.5 Å². The molecule has 0 aromatic heterocycles. The minimum atomic E-state index is -1.79. The molecule has 2 heterocycles. The van der Waals surface area contributed by atoms with Crippen molar-refractivity contribution in [3.63, 3.8) is 0 Å². The van der Waals surface area contributed by atoms with Gasteiger partial charge in [-0.2, -0.15) is 0 Å². The first-order chi connectivity index (χ1) is 23.5. The Kier molecular flexibility index (Phi) is 17.8. The van der Waals surface area contributed by atoms with Crippen LogP contribution in [0.4, 0.5) is 0 Å². The van der Waals surface area contributed by atoms with Crippen LogP contribution >= 0.6 is 11.6 Å². The molecule has 19 nitrogen and oxygen atoms in total. The normalized spacial score (nSPS) is 29.1. The van der Waals surface area contributed by atoms with E-state index in [1.165, 1.54) is 0 Å². The molecule has 2 aliphatic heterocycles. The molecule has 2 saturated heterocycles. The van der Waals surface area contributed by atoms with Crippen molar-refractivity contribution in [3.8, 4) is 0 Å². The van der Waals surface area contributed by atoms with Gasteiger partial charge in [0, 0.05) is 54.3 Å². The van der Waals surface area contributed by atoms with Crippen LogP contribution in [-0.2, 0) is 90.4 Å². The molecular weight excluding hydrogens is 700 g/mol. The second-order valence-corrected chi connectivity index (χ2v) is 11.2. The van der Waals surface area contributed by atoms with E-state index in [4.69, 9.17) is 68.4 Å². The average Bonchev–Trinajstić information content (AvgIpc) is 2.99. The first-order valence-electron chi connectivity index (χ1n) is 15.4. The van der Waals surface area contributed by atoms with E-state index in [1.807, 2.05) is 0 Å². The second kappa shape index (κ2) is 20.9. The molecule has 0 spiro atoms. The molecule has 0 saturated carbocycles. The predicted octanol–water partition coefficient (Wildman–Crippen LogP) is -0.122. The smallest absolute Gasteiger partial charge is 0.303 e. The van der Waals surface area contributed by atoms with Crippen molar-refractivity contribution < 1.29 is 90.4 Å². The predicted molar refractivity (Wildman–Crippen MR) is 161 cm³/mol. The van der Waals surface area contributed by atoms with E-state index in [2.05, 4.69) is 0 Å². The van der Waals surface area contributed by atoms with Crippen molar-refractivity contribution in [2.24, 2.45) is 0 Å². The molecule has 50 heavy (non-hydrogen) atoms. The Morgan fingerprint density at radius 1 is 0.480 bits per heavy atom. The monoisotopic (exact) mass is 742 g/mol. The molecule has 0 amide bonds. The molecule has 0 radical (unpaired) electrons. The number of alkyl halides is 1. The lowest BCUT2D eigenvalue weighted by Gasteiger charge is -2.48. The van der Waals surface area contributed by atoms with Gasteiger partial charge < -0.3 is 56.8 Å². The number of rotatable bonds is 17. The van der Waals surface area contributed by atoms with E-state index >= 15 is 0 Å². The van der Waals surface area contributed by atoms with Gasteiger partial charge in [0.05, 0.1) is 19.8 Å². The molecule has 20 heteroatoms. The standard InChI is InChI=1S/C30H43ClO19/c1-14(32)41-12-21-23(43-16(3)34)25(44-17(4)35)28(47-20(7)38)30(49-21)50-24-22(13-42-15(2)33)48-29(40-11-10-39-9-8-31)27(46-19(6)37)26(24)45-18(5)36/h21-30H,8-13H2,1-7H3/t21-,22-,23+,24-,25+,26+,27-,28-,29-,30+/m1/s1. The number of carbonyl (C=O) groups excluding carboxylic acids is 7. The van der Waals surface area contributed by atoms with Crippen LogP contribution in [-0.4, -0.2) is 142 Å². The topological polar surface area (TPSA) is 230 Å². The number of halogens is 1. The van der Waals surface area contributed by atoms with E-state index in [-0.39, 0.29) is 25.7 Å². The Morgan fingerprint density at radius 2 is 0.880 bits per heavy atom. The van der Waals surface area contributed by atoms with Crippen LogP contribution < -0.4 is 0 Å². The molecule has 0 unspecified atom stereocenters. The molecule has 284 valence electrons. The first-order valence-corrected chi connectivity index (χ1v) is 15.9. The zero-order chi connectivity index (χ0) is 37.5. The Bertz CT molecular complexity index is 1190. The van der Waals surface area contributed by atoms with E-state index in [0.717, 1.165) is 48.5 Å². The summed E-state index contributed by atoms with van der Waals surface area (Å²) in [7, 11) is 0. The first kappa shape index (κ1) is 42.5. The van der Waals surface area contributed by atoms with Crippen LogP contribution in [0.2, 0.25) is 0 Å². The van der Waals surface area contributed by atoms with Crippen LogP contribution in [0.15, 0.2) is 0 Å². The van der Waals surface area contributed by atoms with Crippen molar-refractivity contribution in [2.75, 3.05) is 38.9 Å². The Morgan fingerprint density at radius 3 is 1.34 bits per heavy atom. The second-order valence-electron chi connectivity index (χ2n) is 10.8. The van der Waals surface area contributed by atoms with E-state index in [9.17, 15) is 33.6 Å². The minimum absolute atomic E-state index is 0.0386. The lowest BCUT2D eigenvalue weighted by Crippen LogP contribution is -2.67. The van der Waals surface area contributed by atoms with Gasteiger partial charge in [-0.3, -0.25) is 33.6 Å². The lowest BCUT2D eigenvalue weighted by molar-refractivity contribution is -0.361. The quantitative estimate of drug-likeness (QED) is 0.0818. The summed E-state index contributed by atoms with van der Waals surface area (Å²) in [5, 5.41) is 0. The van der Waals surface area contributed by atoms with Crippen molar-refractivity contribution in [2.45, 2.75) is 110 Å². The Balaban J connectivity index is 2.67. The summed E-state index contributed by atoms with van der Waals surface area (Å²) in [5.41, 5.74) is 0.